The fraction of sp³-hybridized carbons (Fsp3) is 0.462. The predicted molar refractivity (Wildman–Crippen MR) is 64.1 cm³/mol. The summed E-state index contributed by atoms with van der Waals surface area (Å²) in [5.74, 6) is 1.10. The molecule has 0 saturated heterocycles. The molecule has 0 bridgehead atoms. The van der Waals surface area contributed by atoms with Crippen molar-refractivity contribution >= 4 is 0 Å². The lowest BCUT2D eigenvalue weighted by molar-refractivity contribution is 0.214. The highest BCUT2D eigenvalue weighted by atomic mass is 16.5. The zero-order valence-electron chi connectivity index (χ0n) is 9.65. The number of aromatic nitrogens is 1. The van der Waals surface area contributed by atoms with Crippen LogP contribution in [0.4, 0.5) is 0 Å². The Balaban J connectivity index is 1.88. The fourth-order valence-electron chi connectivity index (χ4n) is 1.97. The summed E-state index contributed by atoms with van der Waals surface area (Å²) in [5.41, 5.74) is 1.28. The van der Waals surface area contributed by atoms with Crippen LogP contribution in [-0.4, -0.2) is 24.7 Å². The molecule has 3 heteroatoms. The third-order valence-corrected chi connectivity index (χ3v) is 2.87. The summed E-state index contributed by atoms with van der Waals surface area (Å²) in [6.45, 7) is 0.834. The first-order chi connectivity index (χ1) is 7.90. The number of nitrogens with zero attached hydrogens (tertiary/aromatic N) is 1. The molecule has 1 aliphatic heterocycles. The van der Waals surface area contributed by atoms with Crippen LogP contribution in [0.25, 0.3) is 0 Å². The molecule has 0 saturated carbocycles. The summed E-state index contributed by atoms with van der Waals surface area (Å²) in [5, 5.41) is 3.30. The predicted octanol–water partition coefficient (Wildman–Crippen LogP) is 1.91. The van der Waals surface area contributed by atoms with E-state index in [1.165, 1.54) is 5.56 Å². The van der Waals surface area contributed by atoms with Crippen molar-refractivity contribution in [2.75, 3.05) is 13.7 Å². The highest BCUT2D eigenvalue weighted by Crippen LogP contribution is 2.17. The minimum atomic E-state index is 0.336. The Bertz CT molecular complexity index is 348. The van der Waals surface area contributed by atoms with E-state index < -0.39 is 0 Å². The Kier molecular flexibility index (Phi) is 3.94. The Morgan fingerprint density at radius 2 is 2.50 bits per heavy atom. The van der Waals surface area contributed by atoms with Gasteiger partial charge < -0.3 is 10.1 Å². The topological polar surface area (TPSA) is 34.2 Å². The second kappa shape index (κ2) is 5.66. The molecule has 0 fully saturated rings. The molecule has 0 spiro atoms. The van der Waals surface area contributed by atoms with Crippen LogP contribution in [0.1, 0.15) is 18.4 Å². The number of hydrogen-bond acceptors (Lipinski definition) is 3. The second-order valence-corrected chi connectivity index (χ2v) is 3.98. The van der Waals surface area contributed by atoms with Gasteiger partial charge in [0.2, 0.25) is 0 Å². The number of likely N-dealkylation sites (N-methyl/N-ethyl adjacent to an activating group) is 1. The molecule has 16 heavy (non-hydrogen) atoms. The van der Waals surface area contributed by atoms with E-state index in [0.29, 0.717) is 6.04 Å². The van der Waals surface area contributed by atoms with Gasteiger partial charge in [-0.15, -0.1) is 0 Å². The van der Waals surface area contributed by atoms with Crippen LogP contribution in [0.2, 0.25) is 0 Å². The number of pyridine rings is 1. The van der Waals surface area contributed by atoms with Crippen molar-refractivity contribution in [3.63, 3.8) is 0 Å². The van der Waals surface area contributed by atoms with Crippen molar-refractivity contribution in [2.45, 2.75) is 25.3 Å². The quantitative estimate of drug-likeness (QED) is 0.819. The van der Waals surface area contributed by atoms with E-state index in [9.17, 15) is 0 Å². The van der Waals surface area contributed by atoms with Gasteiger partial charge in [-0.1, -0.05) is 6.07 Å². The lowest BCUT2D eigenvalue weighted by atomic mass is 10.1. The summed E-state index contributed by atoms with van der Waals surface area (Å²) in [7, 11) is 1.98. The highest BCUT2D eigenvalue weighted by Gasteiger charge is 2.16. The zero-order chi connectivity index (χ0) is 11.2. The molecule has 1 N–H and O–H groups in total. The van der Waals surface area contributed by atoms with Crippen molar-refractivity contribution < 1.29 is 4.74 Å². The minimum absolute atomic E-state index is 0.336. The first-order valence-corrected chi connectivity index (χ1v) is 5.79. The third kappa shape index (κ3) is 2.83. The normalized spacial score (nSPS) is 16.7. The first-order valence-electron chi connectivity index (χ1n) is 5.79. The molecule has 1 aliphatic rings. The van der Waals surface area contributed by atoms with Gasteiger partial charge in [-0.05, 0) is 37.6 Å². The molecular formula is C13H18N2O. The maximum absolute atomic E-state index is 5.58. The molecule has 3 nitrogen and oxygen atoms in total. The molecule has 0 aromatic carbocycles. The van der Waals surface area contributed by atoms with Crippen molar-refractivity contribution in [3.8, 4) is 0 Å². The smallest absolute Gasteiger partial charge is 0.109 e. The van der Waals surface area contributed by atoms with Crippen molar-refractivity contribution in [1.29, 1.82) is 0 Å². The van der Waals surface area contributed by atoms with Crippen molar-refractivity contribution in [3.05, 3.63) is 41.9 Å². The molecule has 86 valence electrons. The summed E-state index contributed by atoms with van der Waals surface area (Å²) in [4.78, 5) is 4.12. The van der Waals surface area contributed by atoms with Crippen LogP contribution in [0, 0.1) is 0 Å². The van der Waals surface area contributed by atoms with E-state index >= 15 is 0 Å². The maximum Gasteiger partial charge on any atom is 0.109 e. The lowest BCUT2D eigenvalue weighted by Gasteiger charge is -2.17. The van der Waals surface area contributed by atoms with E-state index in [-0.39, 0.29) is 0 Å². The van der Waals surface area contributed by atoms with E-state index in [1.807, 2.05) is 25.5 Å². The molecule has 1 unspecified atom stereocenters. The Hall–Kier alpha value is -1.35. The molecule has 1 aromatic heterocycles. The number of ether oxygens (including phenoxy) is 1. The van der Waals surface area contributed by atoms with Crippen LogP contribution in [-0.2, 0) is 11.2 Å². The Labute approximate surface area is 96.5 Å². The van der Waals surface area contributed by atoms with E-state index in [4.69, 9.17) is 4.74 Å². The number of hydrogen-bond donors (Lipinski definition) is 1. The monoisotopic (exact) mass is 218 g/mol. The summed E-state index contributed by atoms with van der Waals surface area (Å²) in [6, 6.07) is 4.43. The summed E-state index contributed by atoms with van der Waals surface area (Å²) in [6.07, 6.45) is 9.04. The SMILES string of the molecule is CNC(CCc1cccnc1)C1=CCCO1. The summed E-state index contributed by atoms with van der Waals surface area (Å²) >= 11 is 0. The number of nitrogens with one attached hydrogen (secondary N) is 1. The van der Waals surface area contributed by atoms with E-state index in [1.54, 1.807) is 0 Å². The highest BCUT2D eigenvalue weighted by molar-refractivity contribution is 5.12. The van der Waals surface area contributed by atoms with Gasteiger partial charge in [0.25, 0.3) is 0 Å². The van der Waals surface area contributed by atoms with E-state index in [2.05, 4.69) is 22.4 Å². The molecule has 2 heterocycles. The molecule has 1 aromatic rings. The number of aryl methyl sites for hydroxylation is 1. The van der Waals surface area contributed by atoms with Gasteiger partial charge in [-0.3, -0.25) is 4.98 Å². The molecule has 0 radical (unpaired) electrons. The fourth-order valence-corrected chi connectivity index (χ4v) is 1.97. The van der Waals surface area contributed by atoms with Crippen LogP contribution in [0.5, 0.6) is 0 Å². The van der Waals surface area contributed by atoms with Gasteiger partial charge in [0.1, 0.15) is 5.76 Å². The number of rotatable bonds is 5. The van der Waals surface area contributed by atoms with Gasteiger partial charge in [-0.2, -0.15) is 0 Å². The first kappa shape index (κ1) is 11.1. The van der Waals surface area contributed by atoms with Crippen LogP contribution < -0.4 is 5.32 Å². The molecular weight excluding hydrogens is 200 g/mol. The largest absolute Gasteiger partial charge is 0.496 e. The van der Waals surface area contributed by atoms with Crippen LogP contribution in [0.15, 0.2) is 36.4 Å². The molecule has 1 atom stereocenters. The Morgan fingerprint density at radius 3 is 3.12 bits per heavy atom. The average molecular weight is 218 g/mol. The lowest BCUT2D eigenvalue weighted by Crippen LogP contribution is -2.28. The van der Waals surface area contributed by atoms with Gasteiger partial charge >= 0.3 is 0 Å². The third-order valence-electron chi connectivity index (χ3n) is 2.87. The minimum Gasteiger partial charge on any atom is -0.496 e. The zero-order valence-corrected chi connectivity index (χ0v) is 9.65. The van der Waals surface area contributed by atoms with E-state index in [0.717, 1.165) is 31.6 Å². The average Bonchev–Trinajstić information content (AvgIpc) is 2.85. The van der Waals surface area contributed by atoms with Crippen molar-refractivity contribution in [2.24, 2.45) is 0 Å². The van der Waals surface area contributed by atoms with Crippen LogP contribution in [0.3, 0.4) is 0 Å². The molecule has 2 rings (SSSR count). The maximum atomic E-state index is 5.58. The van der Waals surface area contributed by atoms with Gasteiger partial charge in [0.05, 0.1) is 12.6 Å². The van der Waals surface area contributed by atoms with Gasteiger partial charge in [0, 0.05) is 18.8 Å². The summed E-state index contributed by atoms with van der Waals surface area (Å²) < 4.78 is 5.58. The van der Waals surface area contributed by atoms with Gasteiger partial charge in [-0.25, -0.2) is 0 Å². The van der Waals surface area contributed by atoms with Crippen molar-refractivity contribution in [1.82, 2.24) is 10.3 Å². The molecule has 0 aliphatic carbocycles. The second-order valence-electron chi connectivity index (χ2n) is 3.98. The van der Waals surface area contributed by atoms with Crippen LogP contribution >= 0.6 is 0 Å². The standard InChI is InChI=1S/C13H18N2O/c1-14-12(13-5-3-9-16-13)7-6-11-4-2-8-15-10-11/h2,4-5,8,10,12,14H,3,6-7,9H2,1H3. The Morgan fingerprint density at radius 1 is 1.56 bits per heavy atom. The molecule has 0 amide bonds. The van der Waals surface area contributed by atoms with Gasteiger partial charge in [0.15, 0.2) is 0 Å².